The summed E-state index contributed by atoms with van der Waals surface area (Å²) in [4.78, 5) is 26.6. The van der Waals surface area contributed by atoms with Crippen molar-refractivity contribution in [3.05, 3.63) is 0 Å². The molecule has 20 heavy (non-hydrogen) atoms. The van der Waals surface area contributed by atoms with Crippen LogP contribution in [-0.2, 0) is 14.3 Å². The number of carbonyl (C=O) groups excluding carboxylic acids is 2. The van der Waals surface area contributed by atoms with E-state index in [-0.39, 0.29) is 12.5 Å². The number of ether oxygens (including phenoxy) is 1. The minimum Gasteiger partial charge on any atom is -0.465 e. The summed E-state index contributed by atoms with van der Waals surface area (Å²) in [6.07, 6.45) is 0. The molecule has 1 fully saturated rings. The van der Waals surface area contributed by atoms with Gasteiger partial charge >= 0.3 is 5.97 Å². The van der Waals surface area contributed by atoms with Crippen LogP contribution in [0.15, 0.2) is 0 Å². The number of hydrogen-bond acceptors (Lipinski definition) is 5. The molecule has 1 atom stereocenters. The first kappa shape index (κ1) is 16.9. The van der Waals surface area contributed by atoms with Gasteiger partial charge in [-0.2, -0.15) is 0 Å². The molecule has 1 aliphatic heterocycles. The normalized spacial score (nSPS) is 19.4. The molecule has 6 heteroatoms. The molecule has 0 aliphatic carbocycles. The van der Waals surface area contributed by atoms with Crippen LogP contribution in [0.2, 0.25) is 0 Å². The van der Waals surface area contributed by atoms with E-state index in [0.717, 1.165) is 26.2 Å². The van der Waals surface area contributed by atoms with E-state index in [2.05, 4.69) is 17.4 Å². The molecule has 0 saturated carbocycles. The Bertz CT molecular complexity index is 344. The summed E-state index contributed by atoms with van der Waals surface area (Å²) in [6, 6.07) is 0. The zero-order valence-electron chi connectivity index (χ0n) is 13.2. The molecular formula is C14H27N3O3. The van der Waals surface area contributed by atoms with Crippen molar-refractivity contribution in [1.82, 2.24) is 15.3 Å². The first-order valence-corrected chi connectivity index (χ1v) is 7.16. The molecule has 0 bridgehead atoms. The van der Waals surface area contributed by atoms with Gasteiger partial charge in [-0.25, -0.2) is 5.01 Å². The molecule has 1 aliphatic rings. The number of carbonyl (C=O) groups is 2. The molecule has 0 aromatic rings. The lowest BCUT2D eigenvalue weighted by atomic mass is 9.80. The van der Waals surface area contributed by atoms with Crippen molar-refractivity contribution in [1.29, 1.82) is 0 Å². The van der Waals surface area contributed by atoms with Gasteiger partial charge in [0.1, 0.15) is 5.92 Å². The molecule has 116 valence electrons. The fourth-order valence-electron chi connectivity index (χ4n) is 2.22. The molecule has 0 aromatic heterocycles. The minimum absolute atomic E-state index is 0.277. The Morgan fingerprint density at radius 3 is 2.20 bits per heavy atom. The maximum Gasteiger partial charge on any atom is 0.319 e. The monoisotopic (exact) mass is 285 g/mol. The Balaban J connectivity index is 2.66. The summed E-state index contributed by atoms with van der Waals surface area (Å²) >= 11 is 0. The fourth-order valence-corrected chi connectivity index (χ4v) is 2.22. The summed E-state index contributed by atoms with van der Waals surface area (Å²) in [7, 11) is 2.05. The van der Waals surface area contributed by atoms with Crippen LogP contribution in [0, 0.1) is 11.3 Å². The lowest BCUT2D eigenvalue weighted by molar-refractivity contribution is -0.158. The Labute approximate surface area is 121 Å². The summed E-state index contributed by atoms with van der Waals surface area (Å²) in [5.74, 6) is -1.52. The topological polar surface area (TPSA) is 61.9 Å². The number of esters is 1. The van der Waals surface area contributed by atoms with Crippen LogP contribution in [0.25, 0.3) is 0 Å². The summed E-state index contributed by atoms with van der Waals surface area (Å²) in [5.41, 5.74) is 2.38. The number of hydrazine groups is 1. The predicted molar refractivity (Wildman–Crippen MR) is 76.8 cm³/mol. The molecule has 1 rings (SSSR count). The molecule has 1 heterocycles. The van der Waals surface area contributed by atoms with Crippen LogP contribution in [0.5, 0.6) is 0 Å². The van der Waals surface area contributed by atoms with Gasteiger partial charge in [0.25, 0.3) is 0 Å². The van der Waals surface area contributed by atoms with E-state index in [9.17, 15) is 9.59 Å². The minimum atomic E-state index is -0.790. The highest BCUT2D eigenvalue weighted by Gasteiger charge is 2.39. The first-order valence-electron chi connectivity index (χ1n) is 7.16. The lowest BCUT2D eigenvalue weighted by Crippen LogP contribution is -2.56. The largest absolute Gasteiger partial charge is 0.465 e. The van der Waals surface area contributed by atoms with E-state index in [1.807, 2.05) is 25.8 Å². The number of piperazine rings is 1. The van der Waals surface area contributed by atoms with E-state index in [0.29, 0.717) is 0 Å². The van der Waals surface area contributed by atoms with Crippen LogP contribution < -0.4 is 5.43 Å². The maximum absolute atomic E-state index is 12.4. The smallest absolute Gasteiger partial charge is 0.319 e. The molecule has 0 aromatic carbocycles. The molecule has 1 saturated heterocycles. The van der Waals surface area contributed by atoms with Crippen LogP contribution in [0.1, 0.15) is 27.7 Å². The van der Waals surface area contributed by atoms with E-state index in [4.69, 9.17) is 4.74 Å². The quantitative estimate of drug-likeness (QED) is 0.602. The number of rotatable bonds is 4. The standard InChI is InChI=1S/C14H27N3O3/c1-6-20-13(19)11(14(2,3)4)12(18)15-17-9-7-16(5)8-10-17/h11H,6-10H2,1-5H3,(H,15,18). The lowest BCUT2D eigenvalue weighted by Gasteiger charge is -2.35. The molecule has 0 radical (unpaired) electrons. The summed E-state index contributed by atoms with van der Waals surface area (Å²) < 4.78 is 5.03. The van der Waals surface area contributed by atoms with Crippen LogP contribution in [0.3, 0.4) is 0 Å². The molecule has 1 N–H and O–H groups in total. The first-order chi connectivity index (χ1) is 9.25. The van der Waals surface area contributed by atoms with Crippen molar-refractivity contribution >= 4 is 11.9 Å². The molecule has 1 amide bonds. The average molecular weight is 285 g/mol. The van der Waals surface area contributed by atoms with Crippen LogP contribution >= 0.6 is 0 Å². The highest BCUT2D eigenvalue weighted by molar-refractivity contribution is 5.98. The molecular weight excluding hydrogens is 258 g/mol. The van der Waals surface area contributed by atoms with Crippen molar-refractivity contribution in [3.63, 3.8) is 0 Å². The van der Waals surface area contributed by atoms with Gasteiger partial charge in [-0.1, -0.05) is 20.8 Å². The van der Waals surface area contributed by atoms with Crippen molar-refractivity contribution in [2.75, 3.05) is 39.8 Å². The van der Waals surface area contributed by atoms with Gasteiger partial charge in [-0.15, -0.1) is 0 Å². The van der Waals surface area contributed by atoms with Gasteiger partial charge in [-0.3, -0.25) is 15.0 Å². The molecule has 1 unspecified atom stereocenters. The highest BCUT2D eigenvalue weighted by atomic mass is 16.5. The van der Waals surface area contributed by atoms with Gasteiger partial charge in [0.2, 0.25) is 5.91 Å². The Hall–Kier alpha value is -1.14. The zero-order valence-corrected chi connectivity index (χ0v) is 13.2. The predicted octanol–water partition coefficient (Wildman–Crippen LogP) is 0.490. The second-order valence-corrected chi connectivity index (χ2v) is 6.32. The van der Waals surface area contributed by atoms with Gasteiger partial charge in [-0.05, 0) is 19.4 Å². The van der Waals surface area contributed by atoms with Gasteiger partial charge < -0.3 is 9.64 Å². The van der Waals surface area contributed by atoms with Crippen LogP contribution in [-0.4, -0.2) is 61.6 Å². The average Bonchev–Trinajstić information content (AvgIpc) is 2.30. The van der Waals surface area contributed by atoms with Gasteiger partial charge in [0.05, 0.1) is 6.61 Å². The summed E-state index contributed by atoms with van der Waals surface area (Å²) in [6.45, 7) is 11.0. The van der Waals surface area contributed by atoms with Gasteiger partial charge in [0, 0.05) is 26.2 Å². The number of amides is 1. The SMILES string of the molecule is CCOC(=O)C(C(=O)NN1CCN(C)CC1)C(C)(C)C. The Kier molecular flexibility index (Phi) is 5.95. The van der Waals surface area contributed by atoms with Crippen molar-refractivity contribution < 1.29 is 14.3 Å². The Morgan fingerprint density at radius 1 is 1.20 bits per heavy atom. The second kappa shape index (κ2) is 7.04. The highest BCUT2D eigenvalue weighted by Crippen LogP contribution is 2.27. The fraction of sp³-hybridized carbons (Fsp3) is 0.857. The third-order valence-corrected chi connectivity index (χ3v) is 3.42. The number of nitrogens with one attached hydrogen (secondary N) is 1. The number of nitrogens with zero attached hydrogens (tertiary/aromatic N) is 2. The third kappa shape index (κ3) is 4.76. The van der Waals surface area contributed by atoms with Gasteiger partial charge in [0.15, 0.2) is 0 Å². The van der Waals surface area contributed by atoms with E-state index < -0.39 is 17.3 Å². The Morgan fingerprint density at radius 2 is 1.75 bits per heavy atom. The maximum atomic E-state index is 12.4. The van der Waals surface area contributed by atoms with E-state index >= 15 is 0 Å². The third-order valence-electron chi connectivity index (χ3n) is 3.42. The molecule has 6 nitrogen and oxygen atoms in total. The summed E-state index contributed by atoms with van der Waals surface area (Å²) in [5, 5.41) is 1.88. The number of likely N-dealkylation sites (N-methyl/N-ethyl adjacent to an activating group) is 1. The van der Waals surface area contributed by atoms with Crippen molar-refractivity contribution in [3.8, 4) is 0 Å². The van der Waals surface area contributed by atoms with Crippen molar-refractivity contribution in [2.45, 2.75) is 27.7 Å². The number of hydrogen-bond donors (Lipinski definition) is 1. The van der Waals surface area contributed by atoms with E-state index in [1.54, 1.807) is 6.92 Å². The zero-order chi connectivity index (χ0) is 15.3. The van der Waals surface area contributed by atoms with E-state index in [1.165, 1.54) is 0 Å². The van der Waals surface area contributed by atoms with Crippen molar-refractivity contribution in [2.24, 2.45) is 11.3 Å². The van der Waals surface area contributed by atoms with Crippen LogP contribution in [0.4, 0.5) is 0 Å². The molecule has 0 spiro atoms. The second-order valence-electron chi connectivity index (χ2n) is 6.32.